The van der Waals surface area contributed by atoms with E-state index in [1.54, 1.807) is 0 Å². The summed E-state index contributed by atoms with van der Waals surface area (Å²) in [5.41, 5.74) is 0.868. The number of hydrogen-bond acceptors (Lipinski definition) is 4. The van der Waals surface area contributed by atoms with Crippen molar-refractivity contribution in [2.75, 3.05) is 6.54 Å². The number of amides is 1. The lowest BCUT2D eigenvalue weighted by molar-refractivity contribution is -0.121. The molecule has 0 atom stereocenters. The maximum Gasteiger partial charge on any atom is 0.241 e. The van der Waals surface area contributed by atoms with E-state index in [-0.39, 0.29) is 12.5 Å². The predicted molar refractivity (Wildman–Crippen MR) is 69.6 cm³/mol. The average molecular weight is 310 g/mol. The first-order chi connectivity index (χ1) is 8.70. The first kappa shape index (κ1) is 12.7. The Labute approximate surface area is 113 Å². The van der Waals surface area contributed by atoms with Crippen molar-refractivity contribution in [2.45, 2.75) is 13.5 Å². The fourth-order valence-corrected chi connectivity index (χ4v) is 1.77. The van der Waals surface area contributed by atoms with Gasteiger partial charge in [-0.15, -0.1) is 5.10 Å². The van der Waals surface area contributed by atoms with Gasteiger partial charge in [-0.1, -0.05) is 28.1 Å². The van der Waals surface area contributed by atoms with Crippen molar-refractivity contribution < 1.29 is 4.79 Å². The molecule has 2 rings (SSSR count). The number of carbonyl (C=O) groups excluding carboxylic acids is 1. The molecule has 0 fully saturated rings. The molecule has 0 bridgehead atoms. The van der Waals surface area contributed by atoms with Crippen LogP contribution in [0, 0.1) is 0 Å². The number of aromatic nitrogens is 4. The van der Waals surface area contributed by atoms with Crippen LogP contribution in [-0.2, 0) is 11.3 Å². The number of nitrogens with zero attached hydrogens (tertiary/aromatic N) is 4. The fraction of sp³-hybridized carbons (Fsp3) is 0.273. The Kier molecular flexibility index (Phi) is 4.03. The number of tetrazole rings is 1. The van der Waals surface area contributed by atoms with Gasteiger partial charge in [-0.3, -0.25) is 4.79 Å². The van der Waals surface area contributed by atoms with E-state index < -0.39 is 0 Å². The number of carbonyl (C=O) groups is 1. The molecule has 0 saturated carbocycles. The standard InChI is InChI=1S/C11H12BrN5O/c1-2-13-10(18)7-17-11(14-15-16-17)8-3-5-9(12)6-4-8/h3-6H,2,7H2,1H3,(H,13,18). The normalized spacial score (nSPS) is 10.3. The molecule has 0 aliphatic heterocycles. The van der Waals surface area contributed by atoms with Crippen LogP contribution in [0.5, 0.6) is 0 Å². The van der Waals surface area contributed by atoms with Crippen LogP contribution in [0.4, 0.5) is 0 Å². The molecule has 0 saturated heterocycles. The highest BCUT2D eigenvalue weighted by Gasteiger charge is 2.11. The van der Waals surface area contributed by atoms with Crippen LogP contribution in [0.1, 0.15) is 6.92 Å². The van der Waals surface area contributed by atoms with Gasteiger partial charge in [0.1, 0.15) is 6.54 Å². The van der Waals surface area contributed by atoms with Gasteiger partial charge in [-0.05, 0) is 29.5 Å². The average Bonchev–Trinajstić information content (AvgIpc) is 2.78. The van der Waals surface area contributed by atoms with Crippen molar-refractivity contribution in [3.05, 3.63) is 28.7 Å². The largest absolute Gasteiger partial charge is 0.355 e. The number of rotatable bonds is 4. The number of hydrogen-bond donors (Lipinski definition) is 1. The summed E-state index contributed by atoms with van der Waals surface area (Å²) in [7, 11) is 0. The van der Waals surface area contributed by atoms with Crippen LogP contribution in [-0.4, -0.2) is 32.7 Å². The molecule has 0 aliphatic rings. The third kappa shape index (κ3) is 2.92. The quantitative estimate of drug-likeness (QED) is 0.922. The van der Waals surface area contributed by atoms with Gasteiger partial charge in [0.2, 0.25) is 5.91 Å². The van der Waals surface area contributed by atoms with Crippen molar-refractivity contribution in [3.63, 3.8) is 0 Å². The molecule has 0 spiro atoms. The number of likely N-dealkylation sites (N-methyl/N-ethyl adjacent to an activating group) is 1. The van der Waals surface area contributed by atoms with Crippen LogP contribution in [0.3, 0.4) is 0 Å². The second-order valence-corrected chi connectivity index (χ2v) is 4.54. The fourth-order valence-electron chi connectivity index (χ4n) is 1.51. The van der Waals surface area contributed by atoms with Crippen molar-refractivity contribution in [1.29, 1.82) is 0 Å². The highest BCUT2D eigenvalue weighted by atomic mass is 79.9. The second kappa shape index (κ2) is 5.72. The second-order valence-electron chi connectivity index (χ2n) is 3.62. The minimum Gasteiger partial charge on any atom is -0.355 e. The minimum atomic E-state index is -0.108. The zero-order chi connectivity index (χ0) is 13.0. The van der Waals surface area contributed by atoms with Gasteiger partial charge >= 0.3 is 0 Å². The molecule has 1 heterocycles. The van der Waals surface area contributed by atoms with Gasteiger partial charge in [-0.2, -0.15) is 0 Å². The number of halogens is 1. The Bertz CT molecular complexity index is 537. The smallest absolute Gasteiger partial charge is 0.241 e. The predicted octanol–water partition coefficient (Wildman–Crippen LogP) is 1.24. The molecule has 6 nitrogen and oxygen atoms in total. The summed E-state index contributed by atoms with van der Waals surface area (Å²) >= 11 is 3.37. The van der Waals surface area contributed by atoms with Gasteiger partial charge in [0.05, 0.1) is 0 Å². The summed E-state index contributed by atoms with van der Waals surface area (Å²) in [6.45, 7) is 2.58. The van der Waals surface area contributed by atoms with Gasteiger partial charge < -0.3 is 5.32 Å². The minimum absolute atomic E-state index is 0.108. The van der Waals surface area contributed by atoms with Gasteiger partial charge in [0.15, 0.2) is 5.82 Å². The van der Waals surface area contributed by atoms with E-state index in [2.05, 4.69) is 36.8 Å². The molecule has 1 N–H and O–H groups in total. The lowest BCUT2D eigenvalue weighted by Gasteiger charge is -2.04. The summed E-state index contributed by atoms with van der Waals surface area (Å²) in [6.07, 6.45) is 0. The maximum atomic E-state index is 11.5. The summed E-state index contributed by atoms with van der Waals surface area (Å²) in [4.78, 5) is 11.5. The molecule has 2 aromatic rings. The third-order valence-corrected chi connectivity index (χ3v) is 2.83. The summed E-state index contributed by atoms with van der Waals surface area (Å²) < 4.78 is 2.46. The molecule has 1 aromatic carbocycles. The van der Waals surface area contributed by atoms with Gasteiger partial charge in [-0.25, -0.2) is 4.68 Å². The molecular formula is C11H12BrN5O. The zero-order valence-corrected chi connectivity index (χ0v) is 11.4. The molecule has 18 heavy (non-hydrogen) atoms. The number of nitrogens with one attached hydrogen (secondary N) is 1. The molecule has 0 radical (unpaired) electrons. The Morgan fingerprint density at radius 1 is 1.39 bits per heavy atom. The van der Waals surface area contributed by atoms with Crippen LogP contribution in [0.15, 0.2) is 28.7 Å². The topological polar surface area (TPSA) is 72.7 Å². The van der Waals surface area contributed by atoms with Gasteiger partial charge in [0, 0.05) is 16.6 Å². The SMILES string of the molecule is CCNC(=O)Cn1nnnc1-c1ccc(Br)cc1. The molecule has 1 aromatic heterocycles. The summed E-state index contributed by atoms with van der Waals surface area (Å²) in [6, 6.07) is 7.59. The molecule has 0 unspecified atom stereocenters. The Morgan fingerprint density at radius 2 is 2.11 bits per heavy atom. The van der Waals surface area contributed by atoms with E-state index in [9.17, 15) is 4.79 Å². The Hall–Kier alpha value is -1.76. The summed E-state index contributed by atoms with van der Waals surface area (Å²) in [5, 5.41) is 14.1. The van der Waals surface area contributed by atoms with Crippen molar-refractivity contribution in [3.8, 4) is 11.4 Å². The van der Waals surface area contributed by atoms with E-state index in [4.69, 9.17) is 0 Å². The van der Waals surface area contributed by atoms with E-state index in [0.29, 0.717) is 12.4 Å². The Balaban J connectivity index is 2.22. The maximum absolute atomic E-state index is 11.5. The molecule has 1 amide bonds. The molecule has 94 valence electrons. The van der Waals surface area contributed by atoms with Crippen LogP contribution in [0.2, 0.25) is 0 Å². The Morgan fingerprint density at radius 3 is 2.78 bits per heavy atom. The highest BCUT2D eigenvalue weighted by Crippen LogP contribution is 2.18. The van der Waals surface area contributed by atoms with Crippen molar-refractivity contribution in [1.82, 2.24) is 25.5 Å². The molecular weight excluding hydrogens is 298 g/mol. The lowest BCUT2D eigenvalue weighted by atomic mass is 10.2. The highest BCUT2D eigenvalue weighted by molar-refractivity contribution is 9.10. The first-order valence-electron chi connectivity index (χ1n) is 5.49. The molecule has 0 aliphatic carbocycles. The van der Waals surface area contributed by atoms with E-state index in [1.807, 2.05) is 31.2 Å². The number of benzene rings is 1. The van der Waals surface area contributed by atoms with Crippen molar-refractivity contribution >= 4 is 21.8 Å². The zero-order valence-electron chi connectivity index (χ0n) is 9.80. The van der Waals surface area contributed by atoms with E-state index in [1.165, 1.54) is 4.68 Å². The summed E-state index contributed by atoms with van der Waals surface area (Å²) in [5.74, 6) is 0.469. The lowest BCUT2D eigenvalue weighted by Crippen LogP contribution is -2.27. The first-order valence-corrected chi connectivity index (χ1v) is 6.29. The monoisotopic (exact) mass is 309 g/mol. The molecule has 7 heteroatoms. The van der Waals surface area contributed by atoms with Crippen LogP contribution >= 0.6 is 15.9 Å². The van der Waals surface area contributed by atoms with Crippen LogP contribution in [0.25, 0.3) is 11.4 Å². The van der Waals surface area contributed by atoms with Crippen LogP contribution < -0.4 is 5.32 Å². The van der Waals surface area contributed by atoms with E-state index in [0.717, 1.165) is 10.0 Å². The van der Waals surface area contributed by atoms with Gasteiger partial charge in [0.25, 0.3) is 0 Å². The third-order valence-electron chi connectivity index (χ3n) is 2.30. The van der Waals surface area contributed by atoms with Crippen molar-refractivity contribution in [2.24, 2.45) is 0 Å². The van der Waals surface area contributed by atoms with E-state index >= 15 is 0 Å².